The normalized spacial score (nSPS) is 18.0. The second-order valence-electron chi connectivity index (χ2n) is 4.41. The van der Waals surface area contributed by atoms with Crippen LogP contribution in [-0.4, -0.2) is 18.0 Å². The third kappa shape index (κ3) is 3.18. The van der Waals surface area contributed by atoms with Crippen molar-refractivity contribution in [1.29, 1.82) is 0 Å². The molecule has 0 saturated carbocycles. The molecule has 0 amide bonds. The summed E-state index contributed by atoms with van der Waals surface area (Å²) in [4.78, 5) is 2.59. The summed E-state index contributed by atoms with van der Waals surface area (Å²) in [6, 6.07) is 6.75. The van der Waals surface area contributed by atoms with E-state index in [1.54, 1.807) is 0 Å². The summed E-state index contributed by atoms with van der Waals surface area (Å²) >= 11 is 2.40. The third-order valence-electron chi connectivity index (χ3n) is 3.15. The summed E-state index contributed by atoms with van der Waals surface area (Å²) in [5, 5.41) is 0. The molecule has 82 valence electrons. The van der Waals surface area contributed by atoms with Gasteiger partial charge in [0.25, 0.3) is 0 Å². The van der Waals surface area contributed by atoms with E-state index >= 15 is 0 Å². The summed E-state index contributed by atoms with van der Waals surface area (Å²) in [5.74, 6) is 0. The Labute approximate surface area is 106 Å². The summed E-state index contributed by atoms with van der Waals surface area (Å²) in [6.07, 6.45) is 4.17. The van der Waals surface area contributed by atoms with Crippen molar-refractivity contribution in [1.82, 2.24) is 4.90 Å². The number of piperidine rings is 1. The first-order chi connectivity index (χ1) is 7.25. The lowest BCUT2D eigenvalue weighted by atomic mass is 10.1. The van der Waals surface area contributed by atoms with Gasteiger partial charge in [-0.3, -0.25) is 4.90 Å². The van der Waals surface area contributed by atoms with E-state index in [-0.39, 0.29) is 0 Å². The summed E-state index contributed by atoms with van der Waals surface area (Å²) in [7, 11) is 0. The highest BCUT2D eigenvalue weighted by Gasteiger charge is 2.11. The highest BCUT2D eigenvalue weighted by atomic mass is 127. The Balaban J connectivity index is 2.05. The van der Waals surface area contributed by atoms with E-state index in [4.69, 9.17) is 0 Å². The Morgan fingerprint density at radius 2 is 1.93 bits per heavy atom. The molecule has 0 bridgehead atoms. The molecule has 2 rings (SSSR count). The fourth-order valence-corrected chi connectivity index (χ4v) is 2.72. The quantitative estimate of drug-likeness (QED) is 0.754. The van der Waals surface area contributed by atoms with Gasteiger partial charge in [0.2, 0.25) is 0 Å². The predicted molar refractivity (Wildman–Crippen MR) is 73.0 cm³/mol. The molecule has 15 heavy (non-hydrogen) atoms. The lowest BCUT2D eigenvalue weighted by Crippen LogP contribution is -2.29. The van der Waals surface area contributed by atoms with Gasteiger partial charge in [-0.2, -0.15) is 0 Å². The molecule has 0 atom stereocenters. The minimum Gasteiger partial charge on any atom is -0.299 e. The van der Waals surface area contributed by atoms with E-state index in [9.17, 15) is 0 Å². The SMILES string of the molecule is Cc1ccc(I)cc1CN1CCCCC1. The number of benzene rings is 1. The van der Waals surface area contributed by atoms with Gasteiger partial charge in [0, 0.05) is 10.1 Å². The van der Waals surface area contributed by atoms with E-state index in [0.717, 1.165) is 6.54 Å². The number of hydrogen-bond acceptors (Lipinski definition) is 1. The van der Waals surface area contributed by atoms with Crippen LogP contribution in [0.25, 0.3) is 0 Å². The van der Waals surface area contributed by atoms with Crippen LogP contribution in [0.2, 0.25) is 0 Å². The van der Waals surface area contributed by atoms with E-state index in [1.807, 2.05) is 0 Å². The Morgan fingerprint density at radius 3 is 2.67 bits per heavy atom. The minimum absolute atomic E-state index is 1.14. The fourth-order valence-electron chi connectivity index (χ4n) is 2.17. The van der Waals surface area contributed by atoms with E-state index in [0.29, 0.717) is 0 Å². The molecule has 1 saturated heterocycles. The number of likely N-dealkylation sites (tertiary alicyclic amines) is 1. The monoisotopic (exact) mass is 315 g/mol. The molecule has 0 N–H and O–H groups in total. The second-order valence-corrected chi connectivity index (χ2v) is 5.65. The molecule has 0 aliphatic carbocycles. The maximum Gasteiger partial charge on any atom is 0.0236 e. The number of rotatable bonds is 2. The zero-order valence-corrected chi connectivity index (χ0v) is 11.5. The van der Waals surface area contributed by atoms with Crippen LogP contribution in [0.3, 0.4) is 0 Å². The van der Waals surface area contributed by atoms with Gasteiger partial charge in [-0.15, -0.1) is 0 Å². The van der Waals surface area contributed by atoms with Crippen molar-refractivity contribution in [3.63, 3.8) is 0 Å². The summed E-state index contributed by atoms with van der Waals surface area (Å²) in [6.45, 7) is 5.92. The van der Waals surface area contributed by atoms with Crippen LogP contribution in [0.15, 0.2) is 18.2 Å². The maximum absolute atomic E-state index is 2.59. The van der Waals surface area contributed by atoms with Gasteiger partial charge in [-0.05, 0) is 78.7 Å². The molecule has 1 aliphatic heterocycles. The van der Waals surface area contributed by atoms with Crippen LogP contribution in [0.4, 0.5) is 0 Å². The molecule has 0 unspecified atom stereocenters. The van der Waals surface area contributed by atoms with E-state index in [1.165, 1.54) is 47.0 Å². The highest BCUT2D eigenvalue weighted by molar-refractivity contribution is 14.1. The largest absolute Gasteiger partial charge is 0.299 e. The summed E-state index contributed by atoms with van der Waals surface area (Å²) in [5.41, 5.74) is 2.93. The average Bonchev–Trinajstić information content (AvgIpc) is 2.25. The Bertz CT molecular complexity index is 329. The van der Waals surface area contributed by atoms with Gasteiger partial charge in [-0.1, -0.05) is 12.5 Å². The Morgan fingerprint density at radius 1 is 1.20 bits per heavy atom. The first-order valence-electron chi connectivity index (χ1n) is 5.73. The molecule has 1 aromatic carbocycles. The molecule has 0 radical (unpaired) electrons. The number of aryl methyl sites for hydroxylation is 1. The van der Waals surface area contributed by atoms with Gasteiger partial charge < -0.3 is 0 Å². The van der Waals surface area contributed by atoms with Crippen molar-refractivity contribution in [2.24, 2.45) is 0 Å². The topological polar surface area (TPSA) is 3.24 Å². The highest BCUT2D eigenvalue weighted by Crippen LogP contribution is 2.17. The van der Waals surface area contributed by atoms with Crippen LogP contribution in [-0.2, 0) is 6.54 Å². The van der Waals surface area contributed by atoms with Gasteiger partial charge >= 0.3 is 0 Å². The lowest BCUT2D eigenvalue weighted by molar-refractivity contribution is 0.220. The van der Waals surface area contributed by atoms with E-state index < -0.39 is 0 Å². The van der Waals surface area contributed by atoms with Crippen LogP contribution >= 0.6 is 22.6 Å². The number of halogens is 1. The molecule has 0 spiro atoms. The zero-order valence-electron chi connectivity index (χ0n) is 9.30. The van der Waals surface area contributed by atoms with Crippen molar-refractivity contribution in [3.05, 3.63) is 32.9 Å². The average molecular weight is 315 g/mol. The first-order valence-corrected chi connectivity index (χ1v) is 6.81. The Kier molecular flexibility index (Phi) is 4.03. The Hall–Kier alpha value is -0.0900. The third-order valence-corrected chi connectivity index (χ3v) is 3.82. The van der Waals surface area contributed by atoms with Gasteiger partial charge in [0.05, 0.1) is 0 Å². The fraction of sp³-hybridized carbons (Fsp3) is 0.538. The standard InChI is InChI=1S/C13H18IN/c1-11-5-6-13(14)9-12(11)10-15-7-3-2-4-8-15/h5-6,9H,2-4,7-8,10H2,1H3. The molecule has 2 heteroatoms. The van der Waals surface area contributed by atoms with Crippen molar-refractivity contribution >= 4 is 22.6 Å². The van der Waals surface area contributed by atoms with Crippen molar-refractivity contribution in [2.45, 2.75) is 32.7 Å². The minimum atomic E-state index is 1.14. The van der Waals surface area contributed by atoms with Gasteiger partial charge in [0.15, 0.2) is 0 Å². The van der Waals surface area contributed by atoms with Crippen LogP contribution in [0.5, 0.6) is 0 Å². The van der Waals surface area contributed by atoms with Gasteiger partial charge in [0.1, 0.15) is 0 Å². The lowest BCUT2D eigenvalue weighted by Gasteiger charge is -2.27. The molecule has 1 fully saturated rings. The van der Waals surface area contributed by atoms with E-state index in [2.05, 4.69) is 52.6 Å². The smallest absolute Gasteiger partial charge is 0.0236 e. The molecular weight excluding hydrogens is 297 g/mol. The molecule has 1 nitrogen and oxygen atoms in total. The molecule has 1 heterocycles. The zero-order chi connectivity index (χ0) is 10.7. The molecule has 0 aromatic heterocycles. The van der Waals surface area contributed by atoms with Crippen LogP contribution < -0.4 is 0 Å². The van der Waals surface area contributed by atoms with Crippen molar-refractivity contribution in [3.8, 4) is 0 Å². The summed E-state index contributed by atoms with van der Waals surface area (Å²) < 4.78 is 1.35. The first kappa shape index (κ1) is 11.4. The maximum atomic E-state index is 2.59. The van der Waals surface area contributed by atoms with Crippen LogP contribution in [0, 0.1) is 10.5 Å². The molecular formula is C13H18IN. The molecule has 1 aromatic rings. The predicted octanol–water partition coefficient (Wildman–Crippen LogP) is 3.59. The van der Waals surface area contributed by atoms with Gasteiger partial charge in [-0.25, -0.2) is 0 Å². The van der Waals surface area contributed by atoms with Crippen molar-refractivity contribution < 1.29 is 0 Å². The van der Waals surface area contributed by atoms with Crippen molar-refractivity contribution in [2.75, 3.05) is 13.1 Å². The van der Waals surface area contributed by atoms with Crippen LogP contribution in [0.1, 0.15) is 30.4 Å². The number of hydrogen-bond donors (Lipinski definition) is 0. The second kappa shape index (κ2) is 5.30. The number of nitrogens with zero attached hydrogens (tertiary/aromatic N) is 1. The molecule has 1 aliphatic rings.